The lowest BCUT2D eigenvalue weighted by atomic mass is 9.94. The number of carbonyl (C=O) groups is 2. The number of ether oxygens (including phenoxy) is 2. The first-order chi connectivity index (χ1) is 14.5. The van der Waals surface area contributed by atoms with Gasteiger partial charge in [-0.05, 0) is 25.8 Å². The van der Waals surface area contributed by atoms with Crippen LogP contribution in [0.25, 0.3) is 5.76 Å². The van der Waals surface area contributed by atoms with Crippen molar-refractivity contribution in [3.05, 3.63) is 70.8 Å². The summed E-state index contributed by atoms with van der Waals surface area (Å²) >= 11 is 0. The summed E-state index contributed by atoms with van der Waals surface area (Å²) in [6.45, 7) is 2.88. The van der Waals surface area contributed by atoms with Gasteiger partial charge in [-0.1, -0.05) is 48.0 Å². The third-order valence-electron chi connectivity index (χ3n) is 5.72. The van der Waals surface area contributed by atoms with Crippen LogP contribution in [0.3, 0.4) is 0 Å². The molecule has 1 N–H and O–H groups in total. The lowest BCUT2D eigenvalue weighted by Crippen LogP contribution is -2.36. The molecule has 2 aromatic carbocycles. The van der Waals surface area contributed by atoms with Gasteiger partial charge >= 0.3 is 0 Å². The zero-order valence-corrected chi connectivity index (χ0v) is 17.1. The maximum atomic E-state index is 13.1. The summed E-state index contributed by atoms with van der Waals surface area (Å²) in [6.07, 6.45) is 1.64. The zero-order valence-electron chi connectivity index (χ0n) is 17.1. The molecule has 6 heteroatoms. The molecule has 2 aliphatic rings. The molecule has 0 aromatic heterocycles. The number of hydrogen-bond acceptors (Lipinski definition) is 5. The molecule has 2 atom stereocenters. The highest BCUT2D eigenvalue weighted by Crippen LogP contribution is 2.43. The second-order valence-corrected chi connectivity index (χ2v) is 7.69. The van der Waals surface area contributed by atoms with Crippen molar-refractivity contribution in [1.29, 1.82) is 0 Å². The lowest BCUT2D eigenvalue weighted by Gasteiger charge is -2.28. The number of ketones is 1. The Bertz CT molecular complexity index is 989. The first-order valence-corrected chi connectivity index (χ1v) is 10.1. The summed E-state index contributed by atoms with van der Waals surface area (Å²) in [5.74, 6) is -0.951. The highest BCUT2D eigenvalue weighted by atomic mass is 16.5. The normalized spacial score (nSPS) is 23.2. The smallest absolute Gasteiger partial charge is 0.295 e. The molecule has 4 rings (SSSR count). The number of Topliss-reactive ketones (excluding diaryl/α,β-unsaturated/α-hetero) is 1. The molecule has 6 nitrogen and oxygen atoms in total. The van der Waals surface area contributed by atoms with Gasteiger partial charge in [-0.2, -0.15) is 0 Å². The van der Waals surface area contributed by atoms with Gasteiger partial charge in [-0.15, -0.1) is 0 Å². The predicted octanol–water partition coefficient (Wildman–Crippen LogP) is 3.60. The number of para-hydroxylation sites is 1. The van der Waals surface area contributed by atoms with E-state index in [1.165, 1.54) is 4.90 Å². The van der Waals surface area contributed by atoms with E-state index in [0.29, 0.717) is 23.5 Å². The third-order valence-corrected chi connectivity index (χ3v) is 5.72. The summed E-state index contributed by atoms with van der Waals surface area (Å²) in [7, 11) is 1.55. The number of carbonyl (C=O) groups excluding carboxylic acids is 2. The van der Waals surface area contributed by atoms with Crippen LogP contribution in [0.5, 0.6) is 5.75 Å². The van der Waals surface area contributed by atoms with E-state index in [-0.39, 0.29) is 24.0 Å². The monoisotopic (exact) mass is 407 g/mol. The summed E-state index contributed by atoms with van der Waals surface area (Å²) in [6, 6.07) is 13.7. The van der Waals surface area contributed by atoms with Crippen LogP contribution >= 0.6 is 0 Å². The largest absolute Gasteiger partial charge is 0.507 e. The van der Waals surface area contributed by atoms with Crippen molar-refractivity contribution in [3.8, 4) is 5.75 Å². The minimum Gasteiger partial charge on any atom is -0.507 e. The Morgan fingerprint density at radius 2 is 1.90 bits per heavy atom. The van der Waals surface area contributed by atoms with Gasteiger partial charge in [-0.3, -0.25) is 9.59 Å². The molecule has 0 radical (unpaired) electrons. The number of aryl methyl sites for hydroxylation is 1. The van der Waals surface area contributed by atoms with Gasteiger partial charge in [0.25, 0.3) is 11.7 Å². The second kappa shape index (κ2) is 8.32. The molecule has 0 spiro atoms. The molecule has 2 fully saturated rings. The number of aliphatic hydroxyl groups excluding tert-OH is 1. The Morgan fingerprint density at radius 3 is 2.57 bits per heavy atom. The fourth-order valence-corrected chi connectivity index (χ4v) is 4.16. The molecule has 1 amide bonds. The Balaban J connectivity index is 1.86. The molecule has 0 saturated carbocycles. The van der Waals surface area contributed by atoms with Gasteiger partial charge in [0.2, 0.25) is 0 Å². The average Bonchev–Trinajstić information content (AvgIpc) is 3.36. The molecule has 0 bridgehead atoms. The van der Waals surface area contributed by atoms with E-state index in [1.807, 2.05) is 37.3 Å². The highest BCUT2D eigenvalue weighted by Gasteiger charge is 2.47. The van der Waals surface area contributed by atoms with E-state index in [2.05, 4.69) is 0 Å². The zero-order chi connectivity index (χ0) is 21.3. The molecule has 156 valence electrons. The van der Waals surface area contributed by atoms with E-state index in [1.54, 1.807) is 25.3 Å². The van der Waals surface area contributed by atoms with Crippen molar-refractivity contribution in [3.63, 3.8) is 0 Å². The fraction of sp³-hybridized carbons (Fsp3) is 0.333. The second-order valence-electron chi connectivity index (χ2n) is 7.69. The molecule has 0 unspecified atom stereocenters. The third kappa shape index (κ3) is 3.59. The van der Waals surface area contributed by atoms with Crippen LogP contribution in [-0.2, 0) is 14.3 Å². The molecular formula is C24H25NO5. The summed E-state index contributed by atoms with van der Waals surface area (Å²) in [5, 5.41) is 11.1. The maximum absolute atomic E-state index is 13.1. The van der Waals surface area contributed by atoms with Crippen LogP contribution in [0.4, 0.5) is 0 Å². The predicted molar refractivity (Wildman–Crippen MR) is 112 cm³/mol. The summed E-state index contributed by atoms with van der Waals surface area (Å²) in [4.78, 5) is 27.6. The van der Waals surface area contributed by atoms with Gasteiger partial charge in [0.05, 0.1) is 24.8 Å². The standard InChI is InChI=1S/C24H25NO5/c1-15-9-11-16(12-10-15)22(26)20-21(18-7-3-4-8-19(18)29-2)25(24(28)23(20)27)14-17-6-5-13-30-17/h3-4,7-12,17,21,26H,5-6,13-14H2,1-2H3/t17-,21-/m0/s1. The van der Waals surface area contributed by atoms with Gasteiger partial charge < -0.3 is 19.5 Å². The number of nitrogens with zero attached hydrogens (tertiary/aromatic N) is 1. The fourth-order valence-electron chi connectivity index (χ4n) is 4.16. The average molecular weight is 407 g/mol. The van der Waals surface area contributed by atoms with Crippen molar-refractivity contribution >= 4 is 17.4 Å². The van der Waals surface area contributed by atoms with Crippen LogP contribution in [0, 0.1) is 6.92 Å². The van der Waals surface area contributed by atoms with Crippen molar-refractivity contribution in [2.24, 2.45) is 0 Å². The van der Waals surface area contributed by atoms with Crippen molar-refractivity contribution in [2.75, 3.05) is 20.3 Å². The van der Waals surface area contributed by atoms with Crippen molar-refractivity contribution in [1.82, 2.24) is 4.90 Å². The highest BCUT2D eigenvalue weighted by molar-refractivity contribution is 6.46. The maximum Gasteiger partial charge on any atom is 0.295 e. The molecule has 2 heterocycles. The molecular weight excluding hydrogens is 382 g/mol. The molecule has 2 saturated heterocycles. The first kappa shape index (κ1) is 20.2. The van der Waals surface area contributed by atoms with E-state index in [0.717, 1.165) is 18.4 Å². The van der Waals surface area contributed by atoms with Crippen molar-refractivity contribution in [2.45, 2.75) is 31.9 Å². The number of methoxy groups -OCH3 is 1. The number of benzene rings is 2. The lowest BCUT2D eigenvalue weighted by molar-refractivity contribution is -0.140. The topological polar surface area (TPSA) is 76.1 Å². The van der Waals surface area contributed by atoms with E-state index in [4.69, 9.17) is 9.47 Å². The van der Waals surface area contributed by atoms with Gasteiger partial charge in [-0.25, -0.2) is 0 Å². The Hall–Kier alpha value is -3.12. The van der Waals surface area contributed by atoms with E-state index >= 15 is 0 Å². The van der Waals surface area contributed by atoms with E-state index in [9.17, 15) is 14.7 Å². The Labute approximate surface area is 175 Å². The quantitative estimate of drug-likeness (QED) is 0.466. The summed E-state index contributed by atoms with van der Waals surface area (Å²) in [5.41, 5.74) is 2.26. The number of rotatable bonds is 5. The van der Waals surface area contributed by atoms with Crippen LogP contribution in [0.15, 0.2) is 54.1 Å². The molecule has 0 aliphatic carbocycles. The van der Waals surface area contributed by atoms with Crippen LogP contribution < -0.4 is 4.74 Å². The minimum atomic E-state index is -0.744. The van der Waals surface area contributed by atoms with Gasteiger partial charge in [0.1, 0.15) is 11.5 Å². The Morgan fingerprint density at radius 1 is 1.17 bits per heavy atom. The van der Waals surface area contributed by atoms with Gasteiger partial charge in [0, 0.05) is 24.3 Å². The SMILES string of the molecule is COc1ccccc1[C@H]1C(=C(O)c2ccc(C)cc2)C(=O)C(=O)N1C[C@@H]1CCCO1. The number of aliphatic hydroxyl groups is 1. The van der Waals surface area contributed by atoms with Crippen LogP contribution in [0.2, 0.25) is 0 Å². The number of amides is 1. The molecule has 30 heavy (non-hydrogen) atoms. The summed E-state index contributed by atoms with van der Waals surface area (Å²) < 4.78 is 11.2. The molecule has 2 aromatic rings. The van der Waals surface area contributed by atoms with Crippen LogP contribution in [-0.4, -0.2) is 48.1 Å². The number of likely N-dealkylation sites (tertiary alicyclic amines) is 1. The van der Waals surface area contributed by atoms with Crippen molar-refractivity contribution < 1.29 is 24.2 Å². The number of hydrogen-bond donors (Lipinski definition) is 1. The minimum absolute atomic E-state index is 0.0753. The van der Waals surface area contributed by atoms with Gasteiger partial charge in [0.15, 0.2) is 0 Å². The molecule has 2 aliphatic heterocycles. The first-order valence-electron chi connectivity index (χ1n) is 10.1. The van der Waals surface area contributed by atoms with Crippen LogP contribution in [0.1, 0.15) is 35.6 Å². The van der Waals surface area contributed by atoms with E-state index < -0.39 is 17.7 Å². The Kier molecular flexibility index (Phi) is 5.59.